The highest BCUT2D eigenvalue weighted by Crippen LogP contribution is 2.25. The zero-order valence-electron chi connectivity index (χ0n) is 11.9. The van der Waals surface area contributed by atoms with Gasteiger partial charge in [-0.15, -0.1) is 0 Å². The Hall–Kier alpha value is -0.210. The van der Waals surface area contributed by atoms with E-state index in [1.165, 1.54) is 4.31 Å². The van der Waals surface area contributed by atoms with Crippen molar-refractivity contribution < 1.29 is 13.5 Å². The number of hydrogen-bond acceptors (Lipinski definition) is 4. The molecular formula is C12H25N3O3S. The number of hydrogen-bond donors (Lipinski definition) is 2. The lowest BCUT2D eigenvalue weighted by Gasteiger charge is -2.38. The fraction of sp³-hybridized carbons (Fsp3) is 1.00. The van der Waals surface area contributed by atoms with E-state index in [1.54, 1.807) is 11.4 Å². The van der Waals surface area contributed by atoms with Crippen LogP contribution in [0.2, 0.25) is 0 Å². The Morgan fingerprint density at radius 2 is 1.79 bits per heavy atom. The van der Waals surface area contributed by atoms with Gasteiger partial charge in [-0.1, -0.05) is 13.8 Å². The molecule has 2 fully saturated rings. The summed E-state index contributed by atoms with van der Waals surface area (Å²) in [6.07, 6.45) is 0.447. The van der Waals surface area contributed by atoms with Crippen molar-refractivity contribution >= 4 is 10.2 Å². The molecule has 0 amide bonds. The lowest BCUT2D eigenvalue weighted by atomic mass is 9.94. The average Bonchev–Trinajstić information content (AvgIpc) is 2.73. The highest BCUT2D eigenvalue weighted by Gasteiger charge is 2.39. The first kappa shape index (κ1) is 15.2. The molecule has 0 radical (unpaired) electrons. The van der Waals surface area contributed by atoms with Gasteiger partial charge in [-0.3, -0.25) is 0 Å². The molecule has 7 heteroatoms. The van der Waals surface area contributed by atoms with Crippen molar-refractivity contribution in [2.75, 3.05) is 33.2 Å². The Bertz CT molecular complexity index is 396. The number of β-amino-alcohol motifs (C(OH)–C–C–N with tert-alkyl or cyclic N) is 1. The molecule has 2 aliphatic heterocycles. The molecule has 2 aliphatic rings. The number of aliphatic hydroxyl groups excluding tert-OH is 1. The fourth-order valence-electron chi connectivity index (χ4n) is 3.17. The summed E-state index contributed by atoms with van der Waals surface area (Å²) in [5.74, 6) is 0.775. The zero-order valence-corrected chi connectivity index (χ0v) is 12.7. The van der Waals surface area contributed by atoms with Crippen molar-refractivity contribution in [2.24, 2.45) is 11.8 Å². The molecule has 2 unspecified atom stereocenters. The first-order chi connectivity index (χ1) is 8.82. The number of likely N-dealkylation sites (N-methyl/N-ethyl adjacent to an activating group) is 1. The smallest absolute Gasteiger partial charge is 0.282 e. The second-order valence-electron chi connectivity index (χ2n) is 6.08. The standard InChI is InChI=1S/C12H25N3O3S/c1-9-4-10(2)8-15(7-9)19(17,18)14(3)11-5-13-6-12(11)16/h9-13,16H,4-8H2,1-3H3/t9?,10?,11-,12-/m1/s1. The third-order valence-electron chi connectivity index (χ3n) is 4.14. The van der Waals surface area contributed by atoms with Crippen LogP contribution in [-0.4, -0.2) is 67.5 Å². The van der Waals surface area contributed by atoms with Crippen molar-refractivity contribution in [3.05, 3.63) is 0 Å². The zero-order chi connectivity index (χ0) is 14.2. The van der Waals surface area contributed by atoms with Crippen molar-refractivity contribution in [3.63, 3.8) is 0 Å². The molecule has 2 saturated heterocycles. The number of nitrogens with one attached hydrogen (secondary N) is 1. The van der Waals surface area contributed by atoms with Crippen LogP contribution in [-0.2, 0) is 10.2 Å². The maximum atomic E-state index is 12.6. The van der Waals surface area contributed by atoms with E-state index in [2.05, 4.69) is 19.2 Å². The molecule has 2 N–H and O–H groups in total. The molecule has 0 saturated carbocycles. The van der Waals surface area contributed by atoms with Crippen LogP contribution in [0.5, 0.6) is 0 Å². The van der Waals surface area contributed by atoms with Crippen LogP contribution in [0.3, 0.4) is 0 Å². The largest absolute Gasteiger partial charge is 0.390 e. The third-order valence-corrected chi connectivity index (χ3v) is 6.09. The van der Waals surface area contributed by atoms with E-state index >= 15 is 0 Å². The fourth-order valence-corrected chi connectivity index (χ4v) is 4.98. The first-order valence-corrected chi connectivity index (χ1v) is 8.34. The lowest BCUT2D eigenvalue weighted by Crippen LogP contribution is -2.53. The van der Waals surface area contributed by atoms with Crippen LogP contribution in [0.25, 0.3) is 0 Å². The van der Waals surface area contributed by atoms with Gasteiger partial charge in [0, 0.05) is 33.2 Å². The predicted molar refractivity (Wildman–Crippen MR) is 73.9 cm³/mol. The van der Waals surface area contributed by atoms with E-state index in [4.69, 9.17) is 0 Å². The quantitative estimate of drug-likeness (QED) is 0.733. The Balaban J connectivity index is 2.12. The number of aliphatic hydroxyl groups is 1. The molecular weight excluding hydrogens is 266 g/mol. The number of piperidine rings is 1. The summed E-state index contributed by atoms with van der Waals surface area (Å²) in [4.78, 5) is 0. The van der Waals surface area contributed by atoms with Crippen LogP contribution in [0.4, 0.5) is 0 Å². The van der Waals surface area contributed by atoms with E-state index in [0.717, 1.165) is 6.42 Å². The van der Waals surface area contributed by atoms with Gasteiger partial charge in [0.2, 0.25) is 0 Å². The predicted octanol–water partition coefficient (Wildman–Crippen LogP) is -0.526. The van der Waals surface area contributed by atoms with Gasteiger partial charge in [-0.05, 0) is 18.3 Å². The summed E-state index contributed by atoms with van der Waals surface area (Å²) in [7, 11) is -1.91. The van der Waals surface area contributed by atoms with E-state index in [1.807, 2.05) is 0 Å². The Labute approximate surface area is 116 Å². The molecule has 0 bridgehead atoms. The van der Waals surface area contributed by atoms with Crippen LogP contribution in [0, 0.1) is 11.8 Å². The Morgan fingerprint density at radius 3 is 2.26 bits per heavy atom. The maximum absolute atomic E-state index is 12.6. The molecule has 0 aromatic heterocycles. The van der Waals surface area contributed by atoms with Crippen molar-refractivity contribution in [2.45, 2.75) is 32.4 Å². The van der Waals surface area contributed by atoms with Gasteiger partial charge in [-0.25, -0.2) is 0 Å². The molecule has 2 heterocycles. The summed E-state index contributed by atoms with van der Waals surface area (Å²) in [6.45, 7) is 6.29. The highest BCUT2D eigenvalue weighted by molar-refractivity contribution is 7.86. The van der Waals surface area contributed by atoms with Gasteiger partial charge < -0.3 is 10.4 Å². The molecule has 0 aromatic rings. The minimum atomic E-state index is -3.48. The average molecular weight is 291 g/mol. The molecule has 112 valence electrons. The lowest BCUT2D eigenvalue weighted by molar-refractivity contribution is 0.128. The van der Waals surface area contributed by atoms with Gasteiger partial charge >= 0.3 is 0 Å². The highest BCUT2D eigenvalue weighted by atomic mass is 32.2. The van der Waals surface area contributed by atoms with Gasteiger partial charge in [0.25, 0.3) is 10.2 Å². The Morgan fingerprint density at radius 1 is 1.21 bits per heavy atom. The monoisotopic (exact) mass is 291 g/mol. The minimum Gasteiger partial charge on any atom is -0.390 e. The molecule has 2 rings (SSSR count). The number of nitrogens with zero attached hydrogens (tertiary/aromatic N) is 2. The molecule has 19 heavy (non-hydrogen) atoms. The van der Waals surface area contributed by atoms with Gasteiger partial charge in [0.05, 0.1) is 12.1 Å². The Kier molecular flexibility index (Phi) is 4.52. The molecule has 0 spiro atoms. The summed E-state index contributed by atoms with van der Waals surface area (Å²) < 4.78 is 28.1. The second-order valence-corrected chi connectivity index (χ2v) is 8.07. The van der Waals surface area contributed by atoms with E-state index in [9.17, 15) is 13.5 Å². The molecule has 0 aromatic carbocycles. The molecule has 0 aliphatic carbocycles. The maximum Gasteiger partial charge on any atom is 0.282 e. The third kappa shape index (κ3) is 3.11. The second kappa shape index (κ2) is 5.65. The van der Waals surface area contributed by atoms with E-state index in [0.29, 0.717) is 38.0 Å². The summed E-state index contributed by atoms with van der Waals surface area (Å²) in [5, 5.41) is 12.9. The molecule has 4 atom stereocenters. The van der Waals surface area contributed by atoms with Crippen molar-refractivity contribution in [3.8, 4) is 0 Å². The van der Waals surface area contributed by atoms with Crippen LogP contribution < -0.4 is 5.32 Å². The normalized spacial score (nSPS) is 37.9. The van der Waals surface area contributed by atoms with Crippen molar-refractivity contribution in [1.29, 1.82) is 0 Å². The molecule has 6 nitrogen and oxygen atoms in total. The minimum absolute atomic E-state index is 0.363. The van der Waals surface area contributed by atoms with Gasteiger partial charge in [0.1, 0.15) is 0 Å². The van der Waals surface area contributed by atoms with Crippen LogP contribution in [0.1, 0.15) is 20.3 Å². The van der Waals surface area contributed by atoms with Crippen LogP contribution in [0.15, 0.2) is 0 Å². The topological polar surface area (TPSA) is 72.9 Å². The summed E-state index contributed by atoms with van der Waals surface area (Å²) in [5.41, 5.74) is 0. The van der Waals surface area contributed by atoms with E-state index < -0.39 is 16.3 Å². The van der Waals surface area contributed by atoms with Gasteiger partial charge in [-0.2, -0.15) is 17.0 Å². The van der Waals surface area contributed by atoms with E-state index in [-0.39, 0.29) is 6.04 Å². The van der Waals surface area contributed by atoms with Gasteiger partial charge in [0.15, 0.2) is 0 Å². The van der Waals surface area contributed by atoms with Crippen molar-refractivity contribution in [1.82, 2.24) is 13.9 Å². The first-order valence-electron chi connectivity index (χ1n) is 6.94. The SMILES string of the molecule is CC1CC(C)CN(S(=O)(=O)N(C)[C@@H]2CNC[C@H]2O)C1. The summed E-state index contributed by atoms with van der Waals surface area (Å²) in [6, 6.07) is -0.363. The number of rotatable bonds is 3. The summed E-state index contributed by atoms with van der Waals surface area (Å²) >= 11 is 0. The van der Waals surface area contributed by atoms with Crippen LogP contribution >= 0.6 is 0 Å².